The molecule has 136 valence electrons. The van der Waals surface area contributed by atoms with Gasteiger partial charge >= 0.3 is 6.09 Å². The summed E-state index contributed by atoms with van der Waals surface area (Å²) in [6.45, 7) is 5.53. The number of ether oxygens (including phenoxy) is 1. The Bertz CT molecular complexity index is 639. The molecule has 1 saturated heterocycles. The summed E-state index contributed by atoms with van der Waals surface area (Å²) in [4.78, 5) is 37.5. The fraction of sp³-hybridized carbons (Fsp3) is 0.500. The first kappa shape index (κ1) is 18.8. The van der Waals surface area contributed by atoms with Crippen LogP contribution in [0.25, 0.3) is 0 Å². The van der Waals surface area contributed by atoms with Crippen LogP contribution in [-0.4, -0.2) is 47.0 Å². The molecule has 7 heteroatoms. The van der Waals surface area contributed by atoms with E-state index in [0.717, 1.165) is 5.56 Å². The highest BCUT2D eigenvalue weighted by Crippen LogP contribution is 2.18. The van der Waals surface area contributed by atoms with Crippen LogP contribution in [0.5, 0.6) is 0 Å². The van der Waals surface area contributed by atoms with Gasteiger partial charge in [-0.25, -0.2) is 4.79 Å². The zero-order valence-electron chi connectivity index (χ0n) is 14.8. The number of nitrogens with one attached hydrogen (secondary N) is 1. The Morgan fingerprint density at radius 2 is 1.96 bits per heavy atom. The number of carbonyl (C=O) groups is 3. The van der Waals surface area contributed by atoms with Gasteiger partial charge in [0.15, 0.2) is 0 Å². The van der Waals surface area contributed by atoms with Crippen LogP contribution in [0.3, 0.4) is 0 Å². The number of likely N-dealkylation sites (tertiary alicyclic amines) is 1. The van der Waals surface area contributed by atoms with Gasteiger partial charge in [-0.05, 0) is 26.3 Å². The molecule has 0 radical (unpaired) electrons. The van der Waals surface area contributed by atoms with E-state index in [4.69, 9.17) is 10.5 Å². The first-order valence-corrected chi connectivity index (χ1v) is 8.28. The summed E-state index contributed by atoms with van der Waals surface area (Å²) in [5, 5.41) is 2.68. The number of amides is 3. The average molecular weight is 347 g/mol. The Hall–Kier alpha value is -2.57. The van der Waals surface area contributed by atoms with Crippen LogP contribution in [0.15, 0.2) is 30.3 Å². The van der Waals surface area contributed by atoms with E-state index in [9.17, 15) is 14.4 Å². The van der Waals surface area contributed by atoms with Crippen LogP contribution >= 0.6 is 0 Å². The maximum absolute atomic E-state index is 12.3. The lowest BCUT2D eigenvalue weighted by molar-refractivity contribution is -0.136. The lowest BCUT2D eigenvalue weighted by Gasteiger charge is -2.26. The highest BCUT2D eigenvalue weighted by atomic mass is 16.6. The van der Waals surface area contributed by atoms with Gasteiger partial charge in [-0.15, -0.1) is 0 Å². The van der Waals surface area contributed by atoms with Crippen molar-refractivity contribution in [3.63, 3.8) is 0 Å². The average Bonchev–Trinajstić information content (AvgIpc) is 2.83. The molecule has 1 aliphatic rings. The van der Waals surface area contributed by atoms with E-state index in [1.807, 2.05) is 30.3 Å². The summed E-state index contributed by atoms with van der Waals surface area (Å²) in [6.07, 6.45) is -0.107. The molecule has 0 aromatic heterocycles. The topological polar surface area (TPSA) is 102 Å². The second kappa shape index (κ2) is 7.55. The van der Waals surface area contributed by atoms with Crippen molar-refractivity contribution >= 4 is 17.9 Å². The molecule has 1 aromatic rings. The lowest BCUT2D eigenvalue weighted by Crippen LogP contribution is -2.48. The molecule has 3 amide bonds. The van der Waals surface area contributed by atoms with E-state index in [0.29, 0.717) is 6.42 Å². The zero-order chi connectivity index (χ0) is 18.6. The predicted octanol–water partition coefficient (Wildman–Crippen LogP) is 1.21. The maximum atomic E-state index is 12.3. The smallest absolute Gasteiger partial charge is 0.407 e. The first-order chi connectivity index (χ1) is 11.7. The Morgan fingerprint density at radius 1 is 1.32 bits per heavy atom. The monoisotopic (exact) mass is 347 g/mol. The largest absolute Gasteiger partial charge is 0.444 e. The number of primary amides is 1. The SMILES string of the molecule is CC(C)(C)OC(=O)N[C@@H]1CC(=O)N([C@@H](Cc2ccccc2)C(N)=O)C1. The van der Waals surface area contributed by atoms with Crippen LogP contribution in [0.2, 0.25) is 0 Å². The third kappa shape index (κ3) is 5.48. The van der Waals surface area contributed by atoms with Crippen molar-refractivity contribution in [1.29, 1.82) is 0 Å². The number of carbonyl (C=O) groups excluding carboxylic acids is 3. The summed E-state index contributed by atoms with van der Waals surface area (Å²) in [5.41, 5.74) is 5.82. The summed E-state index contributed by atoms with van der Waals surface area (Å²) < 4.78 is 5.20. The summed E-state index contributed by atoms with van der Waals surface area (Å²) >= 11 is 0. The van der Waals surface area contributed by atoms with Crippen LogP contribution in [0.4, 0.5) is 4.79 Å². The minimum atomic E-state index is -0.736. The van der Waals surface area contributed by atoms with Crippen molar-refractivity contribution in [2.45, 2.75) is 51.3 Å². The molecular formula is C18H25N3O4. The van der Waals surface area contributed by atoms with Crippen molar-refractivity contribution in [3.05, 3.63) is 35.9 Å². The summed E-state index contributed by atoms with van der Waals surface area (Å²) in [6, 6.07) is 8.24. The standard InChI is InChI=1S/C18H25N3O4/c1-18(2,3)25-17(24)20-13-10-15(22)21(11-13)14(16(19)23)9-12-7-5-4-6-8-12/h4-8,13-14H,9-11H2,1-3H3,(H2,19,23)(H,20,24)/t13-,14+/m1/s1. The minimum absolute atomic E-state index is 0.123. The van der Waals surface area contributed by atoms with Crippen molar-refractivity contribution in [2.75, 3.05) is 6.54 Å². The molecule has 7 nitrogen and oxygen atoms in total. The molecule has 1 aromatic carbocycles. The van der Waals surface area contributed by atoms with Crippen LogP contribution < -0.4 is 11.1 Å². The number of rotatable bonds is 5. The lowest BCUT2D eigenvalue weighted by atomic mass is 10.0. The van der Waals surface area contributed by atoms with E-state index in [2.05, 4.69) is 5.32 Å². The zero-order valence-corrected chi connectivity index (χ0v) is 14.8. The van der Waals surface area contributed by atoms with Gasteiger partial charge in [0.25, 0.3) is 0 Å². The Morgan fingerprint density at radius 3 is 2.52 bits per heavy atom. The van der Waals surface area contributed by atoms with Crippen LogP contribution in [-0.2, 0) is 20.7 Å². The quantitative estimate of drug-likeness (QED) is 0.836. The predicted molar refractivity (Wildman–Crippen MR) is 92.6 cm³/mol. The normalized spacial score (nSPS) is 18.8. The van der Waals surface area contributed by atoms with E-state index in [-0.39, 0.29) is 18.9 Å². The van der Waals surface area contributed by atoms with Gasteiger partial charge in [0.05, 0.1) is 6.04 Å². The highest BCUT2D eigenvalue weighted by Gasteiger charge is 2.38. The Labute approximate surface area is 147 Å². The highest BCUT2D eigenvalue weighted by molar-refractivity contribution is 5.88. The fourth-order valence-corrected chi connectivity index (χ4v) is 2.81. The van der Waals surface area contributed by atoms with Gasteiger partial charge in [-0.1, -0.05) is 30.3 Å². The molecule has 1 fully saturated rings. The van der Waals surface area contributed by atoms with Gasteiger partial charge in [0.2, 0.25) is 11.8 Å². The molecule has 25 heavy (non-hydrogen) atoms. The van der Waals surface area contributed by atoms with Crippen molar-refractivity contribution < 1.29 is 19.1 Å². The van der Waals surface area contributed by atoms with Crippen LogP contribution in [0.1, 0.15) is 32.8 Å². The molecule has 1 aliphatic heterocycles. The third-order valence-corrected chi connectivity index (χ3v) is 3.86. The van der Waals surface area contributed by atoms with Crippen molar-refractivity contribution in [2.24, 2.45) is 5.73 Å². The summed E-state index contributed by atoms with van der Waals surface area (Å²) in [5.74, 6) is -0.768. The molecular weight excluding hydrogens is 322 g/mol. The first-order valence-electron chi connectivity index (χ1n) is 8.28. The van der Waals surface area contributed by atoms with Crippen LogP contribution in [0, 0.1) is 0 Å². The second-order valence-corrected chi connectivity index (χ2v) is 7.20. The van der Waals surface area contributed by atoms with E-state index in [1.54, 1.807) is 20.8 Å². The number of hydrogen-bond acceptors (Lipinski definition) is 4. The van der Waals surface area contributed by atoms with Crippen molar-refractivity contribution in [1.82, 2.24) is 10.2 Å². The number of nitrogens with zero attached hydrogens (tertiary/aromatic N) is 1. The Balaban J connectivity index is 2.01. The van der Waals surface area contributed by atoms with E-state index >= 15 is 0 Å². The van der Waals surface area contributed by atoms with Crippen molar-refractivity contribution in [3.8, 4) is 0 Å². The number of nitrogens with two attached hydrogens (primary N) is 1. The molecule has 0 bridgehead atoms. The molecule has 3 N–H and O–H groups in total. The number of benzene rings is 1. The maximum Gasteiger partial charge on any atom is 0.407 e. The van der Waals surface area contributed by atoms with Gasteiger partial charge in [-0.3, -0.25) is 9.59 Å². The molecule has 2 atom stereocenters. The minimum Gasteiger partial charge on any atom is -0.444 e. The fourth-order valence-electron chi connectivity index (χ4n) is 2.81. The molecule has 1 heterocycles. The molecule has 0 saturated carbocycles. The third-order valence-electron chi connectivity index (χ3n) is 3.86. The van der Waals surface area contributed by atoms with Gasteiger partial charge in [0.1, 0.15) is 11.6 Å². The summed E-state index contributed by atoms with van der Waals surface area (Å²) in [7, 11) is 0. The Kier molecular flexibility index (Phi) is 5.66. The second-order valence-electron chi connectivity index (χ2n) is 7.20. The molecule has 0 aliphatic carbocycles. The number of alkyl carbamates (subject to hydrolysis) is 1. The molecule has 0 unspecified atom stereocenters. The van der Waals surface area contributed by atoms with Gasteiger partial charge < -0.3 is 20.7 Å². The van der Waals surface area contributed by atoms with E-state index in [1.165, 1.54) is 4.90 Å². The van der Waals surface area contributed by atoms with E-state index < -0.39 is 29.7 Å². The number of hydrogen-bond donors (Lipinski definition) is 2. The van der Waals surface area contributed by atoms with Gasteiger partial charge in [-0.2, -0.15) is 0 Å². The molecule has 0 spiro atoms. The molecule has 2 rings (SSSR count). The van der Waals surface area contributed by atoms with Gasteiger partial charge in [0, 0.05) is 19.4 Å².